The number of aryl methyl sites for hydroxylation is 1. The van der Waals surface area contributed by atoms with Crippen LogP contribution in [0.2, 0.25) is 0 Å². The van der Waals surface area contributed by atoms with Gasteiger partial charge in [0, 0.05) is 12.7 Å². The molecule has 0 bridgehead atoms. The number of hydrogen-bond donors (Lipinski definition) is 1. The number of nitrogens with zero attached hydrogens (tertiary/aromatic N) is 2. The van der Waals surface area contributed by atoms with Gasteiger partial charge in [0.15, 0.2) is 0 Å². The van der Waals surface area contributed by atoms with Crippen molar-refractivity contribution in [2.75, 3.05) is 6.54 Å². The first-order valence-electron chi connectivity index (χ1n) is 5.18. The van der Waals surface area contributed by atoms with Gasteiger partial charge in [-0.2, -0.15) is 5.10 Å². The molecule has 4 heteroatoms. The average molecular weight is 219 g/mol. The van der Waals surface area contributed by atoms with E-state index in [0.29, 0.717) is 6.54 Å². The molecular weight excluding hydrogens is 205 g/mol. The van der Waals surface area contributed by atoms with E-state index < -0.39 is 0 Å². The van der Waals surface area contributed by atoms with Crippen molar-refractivity contribution in [3.8, 4) is 0 Å². The van der Waals surface area contributed by atoms with Crippen molar-refractivity contribution >= 4 is 0 Å². The second-order valence-corrected chi connectivity index (χ2v) is 3.74. The predicted octanol–water partition coefficient (Wildman–Crippen LogP) is 1.88. The van der Waals surface area contributed by atoms with Gasteiger partial charge in [-0.3, -0.25) is 4.68 Å². The van der Waals surface area contributed by atoms with E-state index in [1.165, 1.54) is 12.1 Å². The average Bonchev–Trinajstić information content (AvgIpc) is 2.69. The summed E-state index contributed by atoms with van der Waals surface area (Å²) < 4.78 is 14.6. The van der Waals surface area contributed by atoms with Gasteiger partial charge in [-0.1, -0.05) is 12.1 Å². The number of rotatable bonds is 3. The quantitative estimate of drug-likeness (QED) is 0.856. The molecule has 16 heavy (non-hydrogen) atoms. The van der Waals surface area contributed by atoms with Crippen LogP contribution >= 0.6 is 0 Å². The number of benzene rings is 1. The molecule has 0 aliphatic heterocycles. The molecule has 0 radical (unpaired) electrons. The van der Waals surface area contributed by atoms with Gasteiger partial charge in [0.2, 0.25) is 0 Å². The minimum atomic E-state index is -0.240. The van der Waals surface area contributed by atoms with Crippen molar-refractivity contribution in [1.82, 2.24) is 9.78 Å². The van der Waals surface area contributed by atoms with Crippen LogP contribution in [0.1, 0.15) is 17.3 Å². The summed E-state index contributed by atoms with van der Waals surface area (Å²) in [5, 5.41) is 4.32. The standard InChI is InChI=1S/C12H14FN3/c1-9-6-7-16(15-9)12(8-14)10-2-4-11(13)5-3-10/h2-7,12H,8,14H2,1H3. The third-order valence-electron chi connectivity index (χ3n) is 2.54. The first kappa shape index (κ1) is 10.8. The lowest BCUT2D eigenvalue weighted by molar-refractivity contribution is 0.527. The highest BCUT2D eigenvalue weighted by molar-refractivity contribution is 5.21. The SMILES string of the molecule is Cc1ccn(C(CN)c2ccc(F)cc2)n1. The fraction of sp³-hybridized carbons (Fsp3) is 0.250. The third kappa shape index (κ3) is 2.12. The Morgan fingerprint density at radius 1 is 1.31 bits per heavy atom. The summed E-state index contributed by atoms with van der Waals surface area (Å²) in [4.78, 5) is 0. The summed E-state index contributed by atoms with van der Waals surface area (Å²) in [6, 6.07) is 8.25. The van der Waals surface area contributed by atoms with Gasteiger partial charge in [-0.25, -0.2) is 4.39 Å². The Labute approximate surface area is 93.7 Å². The normalized spacial score (nSPS) is 12.7. The Bertz CT molecular complexity index is 461. The Hall–Kier alpha value is -1.68. The molecule has 1 atom stereocenters. The number of aromatic nitrogens is 2. The second kappa shape index (κ2) is 4.45. The van der Waals surface area contributed by atoms with Gasteiger partial charge in [0.1, 0.15) is 5.82 Å². The summed E-state index contributed by atoms with van der Waals surface area (Å²) in [6.45, 7) is 2.36. The molecular formula is C12H14FN3. The van der Waals surface area contributed by atoms with Crippen LogP contribution in [-0.4, -0.2) is 16.3 Å². The maximum absolute atomic E-state index is 12.8. The van der Waals surface area contributed by atoms with Gasteiger partial charge >= 0.3 is 0 Å². The summed E-state index contributed by atoms with van der Waals surface area (Å²) >= 11 is 0. The minimum Gasteiger partial charge on any atom is -0.328 e. The van der Waals surface area contributed by atoms with E-state index >= 15 is 0 Å². The number of halogens is 1. The molecule has 2 N–H and O–H groups in total. The van der Waals surface area contributed by atoms with Gasteiger partial charge in [0.25, 0.3) is 0 Å². The topological polar surface area (TPSA) is 43.8 Å². The van der Waals surface area contributed by atoms with Crippen molar-refractivity contribution in [3.05, 3.63) is 53.6 Å². The lowest BCUT2D eigenvalue weighted by atomic mass is 10.1. The third-order valence-corrected chi connectivity index (χ3v) is 2.54. The lowest BCUT2D eigenvalue weighted by Crippen LogP contribution is -2.21. The van der Waals surface area contributed by atoms with E-state index in [0.717, 1.165) is 11.3 Å². The molecule has 2 rings (SSSR count). The summed E-state index contributed by atoms with van der Waals surface area (Å²) in [7, 11) is 0. The lowest BCUT2D eigenvalue weighted by Gasteiger charge is -2.15. The van der Waals surface area contributed by atoms with Crippen LogP contribution in [0, 0.1) is 12.7 Å². The molecule has 1 aromatic carbocycles. The summed E-state index contributed by atoms with van der Waals surface area (Å²) in [6.07, 6.45) is 1.89. The Morgan fingerprint density at radius 3 is 2.50 bits per heavy atom. The van der Waals surface area contributed by atoms with E-state index in [2.05, 4.69) is 5.10 Å². The maximum atomic E-state index is 12.8. The van der Waals surface area contributed by atoms with Crippen LogP contribution in [0.25, 0.3) is 0 Å². The fourth-order valence-corrected chi connectivity index (χ4v) is 1.69. The molecule has 2 aromatic rings. The van der Waals surface area contributed by atoms with Gasteiger partial charge in [-0.15, -0.1) is 0 Å². The zero-order valence-electron chi connectivity index (χ0n) is 9.10. The van der Waals surface area contributed by atoms with Gasteiger partial charge in [-0.05, 0) is 30.7 Å². The molecule has 1 unspecified atom stereocenters. The van der Waals surface area contributed by atoms with E-state index in [9.17, 15) is 4.39 Å². The number of hydrogen-bond acceptors (Lipinski definition) is 2. The molecule has 1 aromatic heterocycles. The molecule has 0 fully saturated rings. The summed E-state index contributed by atoms with van der Waals surface area (Å²) in [5.74, 6) is -0.240. The van der Waals surface area contributed by atoms with Crippen LogP contribution in [0.4, 0.5) is 4.39 Å². The Kier molecular flexibility index (Phi) is 3.01. The molecule has 3 nitrogen and oxygen atoms in total. The largest absolute Gasteiger partial charge is 0.328 e. The van der Waals surface area contributed by atoms with Crippen molar-refractivity contribution in [2.45, 2.75) is 13.0 Å². The van der Waals surface area contributed by atoms with Crippen LogP contribution in [0.3, 0.4) is 0 Å². The monoisotopic (exact) mass is 219 g/mol. The highest BCUT2D eigenvalue weighted by Crippen LogP contribution is 2.17. The predicted molar refractivity (Wildman–Crippen MR) is 60.6 cm³/mol. The smallest absolute Gasteiger partial charge is 0.123 e. The van der Waals surface area contributed by atoms with Crippen molar-refractivity contribution in [3.63, 3.8) is 0 Å². The molecule has 84 valence electrons. The molecule has 0 spiro atoms. The highest BCUT2D eigenvalue weighted by Gasteiger charge is 2.12. The van der Waals surface area contributed by atoms with E-state index in [1.54, 1.807) is 12.1 Å². The molecule has 0 aliphatic rings. The first-order chi connectivity index (χ1) is 7.70. The van der Waals surface area contributed by atoms with Gasteiger partial charge < -0.3 is 5.73 Å². The Balaban J connectivity index is 2.32. The molecule has 0 aliphatic carbocycles. The zero-order chi connectivity index (χ0) is 11.5. The van der Waals surface area contributed by atoms with Crippen LogP contribution in [0.15, 0.2) is 36.5 Å². The minimum absolute atomic E-state index is 0.0331. The Morgan fingerprint density at radius 2 is 2.00 bits per heavy atom. The number of nitrogens with two attached hydrogens (primary N) is 1. The molecule has 0 saturated heterocycles. The van der Waals surface area contributed by atoms with Crippen molar-refractivity contribution in [1.29, 1.82) is 0 Å². The van der Waals surface area contributed by atoms with Crippen molar-refractivity contribution in [2.24, 2.45) is 5.73 Å². The van der Waals surface area contributed by atoms with E-state index in [-0.39, 0.29) is 11.9 Å². The van der Waals surface area contributed by atoms with E-state index in [4.69, 9.17) is 5.73 Å². The highest BCUT2D eigenvalue weighted by atomic mass is 19.1. The zero-order valence-corrected chi connectivity index (χ0v) is 9.10. The maximum Gasteiger partial charge on any atom is 0.123 e. The van der Waals surface area contributed by atoms with Crippen molar-refractivity contribution < 1.29 is 4.39 Å². The molecule has 0 saturated carbocycles. The van der Waals surface area contributed by atoms with Gasteiger partial charge in [0.05, 0.1) is 11.7 Å². The van der Waals surface area contributed by atoms with Crippen LogP contribution in [0.5, 0.6) is 0 Å². The summed E-state index contributed by atoms with van der Waals surface area (Å²) in [5.41, 5.74) is 7.64. The fourth-order valence-electron chi connectivity index (χ4n) is 1.69. The molecule has 1 heterocycles. The van der Waals surface area contributed by atoms with Crippen LogP contribution in [-0.2, 0) is 0 Å². The van der Waals surface area contributed by atoms with Crippen LogP contribution < -0.4 is 5.73 Å². The first-order valence-corrected chi connectivity index (χ1v) is 5.18. The van der Waals surface area contributed by atoms with E-state index in [1.807, 2.05) is 23.9 Å². The second-order valence-electron chi connectivity index (χ2n) is 3.74. The molecule has 0 amide bonds.